The van der Waals surface area contributed by atoms with Crippen molar-refractivity contribution in [1.82, 2.24) is 0 Å². The Morgan fingerprint density at radius 2 is 0.455 bits per heavy atom. The number of hydrogen-bond donors (Lipinski definition) is 0. The molecule has 0 unspecified atom stereocenters. The number of pyridine rings is 1. The fraction of sp³-hybridized carbons (Fsp3) is 0.509. The van der Waals surface area contributed by atoms with Crippen LogP contribution in [0.2, 0.25) is 0 Å². The molecule has 1 aromatic heterocycles. The Labute approximate surface area is 733 Å². The number of nitrogens with zero attached hydrogens (tertiary/aromatic N) is 1. The predicted molar refractivity (Wildman–Crippen MR) is 490 cm³/mol. The van der Waals surface area contributed by atoms with Gasteiger partial charge in [-0.2, -0.15) is 0 Å². The first kappa shape index (κ1) is 108. The van der Waals surface area contributed by atoms with Crippen LogP contribution in [-0.4, -0.2) is 0 Å². The van der Waals surface area contributed by atoms with Crippen molar-refractivity contribution in [2.45, 2.75) is 261 Å². The Kier molecular flexibility index (Phi) is 47.2. The molecule has 14 rings (SSSR count). The van der Waals surface area contributed by atoms with Crippen LogP contribution in [0.15, 0.2) is 152 Å². The van der Waals surface area contributed by atoms with E-state index in [1.54, 1.807) is 16.7 Å². The fourth-order valence-corrected chi connectivity index (χ4v) is 20.2. The standard InChI is InChI=1S/C26H30N.C26H28.C20H24.3C10H20.6CH3.3Os/c1-18-9-5-8-12-24(18)25-17-22(13-14-27(25)4)26-19(2)15-23(16-20(26)3)21-10-6-7-11-21;1-18-8-10-22(11-9-18)23-12-14-24(15-13-23)26-19(2)16-25(17-20(26)3)21-6-4-5-7-21;1-14-8-10-18(11-9-14)20-15(2)12-19(13-16(20)3)17-6-4-5-7-17;3*1-6-7(2)9(4)10(5)8(6)3;;;;;;;;;/h5,8-9,12-17,21H,6-7,10-11H2,1-4H3;8-17,21H,4-7H2,1-3H3;8-13,17H,4-7H2,1-3H3;3*6-10H,1-5H3;6*1H3;;;/q+1;;;;;;6*-1;3*+2. The van der Waals surface area contributed by atoms with Gasteiger partial charge in [0, 0.05) is 17.7 Å². The van der Waals surface area contributed by atoms with Crippen molar-refractivity contribution < 1.29 is 63.9 Å². The van der Waals surface area contributed by atoms with Crippen molar-refractivity contribution in [2.24, 2.45) is 95.8 Å². The first-order chi connectivity index (χ1) is 49.0. The molecular weight excluding hydrogens is 1880 g/mol. The van der Waals surface area contributed by atoms with Gasteiger partial charge in [0.15, 0.2) is 6.20 Å². The summed E-state index contributed by atoms with van der Waals surface area (Å²) in [4.78, 5) is 0. The Bertz CT molecular complexity index is 3730. The SMILES string of the molecule is CC1C(C)C(C)C(C)C1C.CC1C(C)C(C)C(C)C1C.CC1C(C)C(C)C(C)C1C.Cc1ccc(-c2c(C)cc(C3CCCC3)cc2C)cc1.Cc1ccc(-c2ccc(-c3c(C)cc(C4CCCC4)cc3C)cc2)cc1.Cc1ccccc1-c1cc(-c2c(C)cc(C3CCCC3)cc2C)cc[n+]1C.[CH3-].[CH3-].[CH3-].[CH3-].[CH3-].[CH3-].[Os+2].[Os+2].[Os+2]. The molecule has 1 nitrogen and oxygen atoms in total. The van der Waals surface area contributed by atoms with E-state index in [0.29, 0.717) is 0 Å². The zero-order chi connectivity index (χ0) is 74.8. The van der Waals surface area contributed by atoms with Crippen molar-refractivity contribution in [3.05, 3.63) is 263 Å². The minimum absolute atomic E-state index is 0. The maximum atomic E-state index is 2.44. The molecule has 0 amide bonds. The molecule has 6 aliphatic rings. The zero-order valence-corrected chi connectivity index (χ0v) is 84.4. The number of benzene rings is 7. The van der Waals surface area contributed by atoms with Gasteiger partial charge in [0.05, 0.1) is 0 Å². The van der Waals surface area contributed by atoms with Gasteiger partial charge in [-0.05, 0) is 314 Å². The molecule has 6 saturated carbocycles. The molecule has 112 heavy (non-hydrogen) atoms. The average molecular weight is 2040 g/mol. The van der Waals surface area contributed by atoms with Crippen molar-refractivity contribution >= 4 is 0 Å². The van der Waals surface area contributed by atoms with E-state index in [2.05, 4.69) is 330 Å². The van der Waals surface area contributed by atoms with Gasteiger partial charge in [-0.15, -0.1) is 0 Å². The quantitative estimate of drug-likeness (QED) is 0.105. The van der Waals surface area contributed by atoms with Gasteiger partial charge in [-0.1, -0.05) is 281 Å². The van der Waals surface area contributed by atoms with Crippen LogP contribution in [0.3, 0.4) is 0 Å². The summed E-state index contributed by atoms with van der Waals surface area (Å²) in [6.07, 6.45) is 18.8. The van der Waals surface area contributed by atoms with E-state index >= 15 is 0 Å². The Morgan fingerprint density at radius 3 is 0.705 bits per heavy atom. The summed E-state index contributed by atoms with van der Waals surface area (Å²) < 4.78 is 2.23. The normalized spacial score (nSPS) is 24.6. The van der Waals surface area contributed by atoms with Crippen LogP contribution in [-0.2, 0) is 66.4 Å². The molecule has 0 radical (unpaired) electrons. The third kappa shape index (κ3) is 26.0. The minimum Gasteiger partial charge on any atom is -0.358 e. The third-order valence-corrected chi connectivity index (χ3v) is 29.3. The van der Waals surface area contributed by atoms with Gasteiger partial charge in [-0.25, -0.2) is 4.57 Å². The number of aromatic nitrogens is 1. The van der Waals surface area contributed by atoms with Gasteiger partial charge in [0.2, 0.25) is 5.69 Å². The fourth-order valence-electron chi connectivity index (χ4n) is 20.2. The van der Waals surface area contributed by atoms with Crippen LogP contribution in [0.25, 0.3) is 55.8 Å². The van der Waals surface area contributed by atoms with E-state index in [4.69, 9.17) is 0 Å². The molecule has 0 bridgehead atoms. The summed E-state index contributed by atoms with van der Waals surface area (Å²) in [5.74, 6) is 16.4. The van der Waals surface area contributed by atoms with Crippen molar-refractivity contribution in [2.75, 3.05) is 0 Å². The molecule has 6 aliphatic carbocycles. The molecule has 0 N–H and O–H groups in total. The average Bonchev–Trinajstić information content (AvgIpc) is 1.67. The van der Waals surface area contributed by atoms with Crippen molar-refractivity contribution in [3.63, 3.8) is 0 Å². The van der Waals surface area contributed by atoms with Gasteiger partial charge in [-0.3, -0.25) is 0 Å². The largest absolute Gasteiger partial charge is 2.00 e. The molecule has 8 aromatic rings. The number of rotatable bonds is 8. The first-order valence-electron chi connectivity index (χ1n) is 41.6. The van der Waals surface area contributed by atoms with Crippen LogP contribution >= 0.6 is 0 Å². The van der Waals surface area contributed by atoms with Crippen molar-refractivity contribution in [3.8, 4) is 55.8 Å². The summed E-state index contributed by atoms with van der Waals surface area (Å²) in [7, 11) is 2.13. The van der Waals surface area contributed by atoms with Crippen LogP contribution in [0.4, 0.5) is 0 Å². The molecule has 1 heterocycles. The van der Waals surface area contributed by atoms with Crippen LogP contribution in [0, 0.1) is 196 Å². The summed E-state index contributed by atoms with van der Waals surface area (Å²) in [5.41, 5.74) is 30.5. The molecular formula is C108H160NOs3+. The van der Waals surface area contributed by atoms with Gasteiger partial charge in [0.25, 0.3) is 0 Å². The van der Waals surface area contributed by atoms with E-state index in [1.807, 2.05) is 0 Å². The second kappa shape index (κ2) is 49.1. The smallest absolute Gasteiger partial charge is 0.358 e. The summed E-state index contributed by atoms with van der Waals surface area (Å²) in [6.45, 7) is 56.1. The van der Waals surface area contributed by atoms with E-state index in [-0.39, 0.29) is 104 Å². The molecule has 0 saturated heterocycles. The molecule has 0 aliphatic heterocycles. The number of aryl methyl sites for hydroxylation is 10. The summed E-state index contributed by atoms with van der Waals surface area (Å²) in [5, 5.41) is 0. The predicted octanol–water partition coefficient (Wildman–Crippen LogP) is 32.2. The van der Waals surface area contributed by atoms with Crippen LogP contribution in [0.1, 0.15) is 265 Å². The first-order valence-corrected chi connectivity index (χ1v) is 41.6. The zero-order valence-electron chi connectivity index (χ0n) is 76.8. The Balaban J connectivity index is 0.00000136. The Hall–Kier alpha value is -4.40. The van der Waals surface area contributed by atoms with Gasteiger partial charge >= 0.3 is 59.4 Å². The molecule has 0 spiro atoms. The van der Waals surface area contributed by atoms with E-state index in [9.17, 15) is 0 Å². The van der Waals surface area contributed by atoms with Crippen molar-refractivity contribution in [1.29, 1.82) is 0 Å². The van der Waals surface area contributed by atoms with Crippen LogP contribution < -0.4 is 4.57 Å². The topological polar surface area (TPSA) is 3.88 Å². The van der Waals surface area contributed by atoms with E-state index in [0.717, 1.165) is 107 Å². The molecule has 0 atom stereocenters. The Morgan fingerprint density at radius 1 is 0.241 bits per heavy atom. The molecule has 4 heteroatoms. The van der Waals surface area contributed by atoms with Crippen LogP contribution in [0.5, 0.6) is 0 Å². The molecule has 7 aromatic carbocycles. The van der Waals surface area contributed by atoms with Gasteiger partial charge < -0.3 is 44.6 Å². The molecule has 620 valence electrons. The minimum atomic E-state index is 0. The van der Waals surface area contributed by atoms with Gasteiger partial charge in [0.1, 0.15) is 7.05 Å². The molecule has 6 fully saturated rings. The maximum absolute atomic E-state index is 2.44. The third-order valence-electron chi connectivity index (χ3n) is 29.3. The second-order valence-electron chi connectivity index (χ2n) is 35.5. The maximum Gasteiger partial charge on any atom is 2.00 e. The summed E-state index contributed by atoms with van der Waals surface area (Å²) >= 11 is 0. The monoisotopic (exact) mass is 2050 g/mol. The van der Waals surface area contributed by atoms with E-state index in [1.165, 1.54) is 183 Å². The second-order valence-corrected chi connectivity index (χ2v) is 35.5. The number of hydrogen-bond acceptors (Lipinski definition) is 0. The van der Waals surface area contributed by atoms with E-state index < -0.39 is 0 Å². The summed E-state index contributed by atoms with van der Waals surface area (Å²) in [6, 6.07) is 54.6.